The summed E-state index contributed by atoms with van der Waals surface area (Å²) in [6.07, 6.45) is 1.13. The Labute approximate surface area is 119 Å². The lowest BCUT2D eigenvalue weighted by atomic mass is 10.2. The number of methoxy groups -OCH3 is 1. The number of rotatable bonds is 4. The van der Waals surface area contributed by atoms with E-state index >= 15 is 0 Å². The first-order valence-corrected chi connectivity index (χ1v) is 6.59. The third-order valence-corrected chi connectivity index (χ3v) is 3.05. The van der Waals surface area contributed by atoms with Crippen molar-refractivity contribution in [1.29, 1.82) is 0 Å². The number of hydrazine groups is 1. The van der Waals surface area contributed by atoms with Crippen molar-refractivity contribution in [2.75, 3.05) is 7.11 Å². The van der Waals surface area contributed by atoms with Gasteiger partial charge in [0, 0.05) is 12.0 Å². The van der Waals surface area contributed by atoms with Crippen LogP contribution in [-0.2, 0) is 4.79 Å². The molecule has 0 saturated carbocycles. The summed E-state index contributed by atoms with van der Waals surface area (Å²) in [7, 11) is 1.57. The number of benzene rings is 1. The second kappa shape index (κ2) is 7.20. The molecule has 6 heteroatoms. The van der Waals surface area contributed by atoms with Crippen LogP contribution in [0.3, 0.4) is 0 Å². The van der Waals surface area contributed by atoms with E-state index in [0.717, 1.165) is 9.99 Å². The summed E-state index contributed by atoms with van der Waals surface area (Å²) in [6.45, 7) is 1.90. The molecule has 0 heterocycles. The standard InChI is InChI=1S/C12H15IN2O3/c1-3-4-11(16)14-15-12(17)8-5-6-10(18-2)9(13)7-8/h5-7H,3-4H2,1-2H3,(H,14,16)(H,15,17). The van der Waals surface area contributed by atoms with Gasteiger partial charge in [-0.2, -0.15) is 0 Å². The maximum Gasteiger partial charge on any atom is 0.269 e. The van der Waals surface area contributed by atoms with Crippen LogP contribution in [0.1, 0.15) is 30.1 Å². The quantitative estimate of drug-likeness (QED) is 0.635. The molecule has 0 unspecified atom stereocenters. The fourth-order valence-corrected chi connectivity index (χ4v) is 2.03. The maximum atomic E-state index is 11.7. The molecule has 0 bridgehead atoms. The minimum Gasteiger partial charge on any atom is -0.496 e. The highest BCUT2D eigenvalue weighted by molar-refractivity contribution is 14.1. The zero-order valence-electron chi connectivity index (χ0n) is 10.2. The van der Waals surface area contributed by atoms with Crippen molar-refractivity contribution in [2.45, 2.75) is 19.8 Å². The minimum atomic E-state index is -0.347. The highest BCUT2D eigenvalue weighted by Crippen LogP contribution is 2.21. The van der Waals surface area contributed by atoms with Gasteiger partial charge in [0.05, 0.1) is 10.7 Å². The summed E-state index contributed by atoms with van der Waals surface area (Å²) < 4.78 is 5.94. The fourth-order valence-electron chi connectivity index (χ4n) is 1.30. The van der Waals surface area contributed by atoms with Crippen LogP contribution in [-0.4, -0.2) is 18.9 Å². The van der Waals surface area contributed by atoms with Gasteiger partial charge in [-0.3, -0.25) is 20.4 Å². The van der Waals surface area contributed by atoms with Crippen molar-refractivity contribution in [1.82, 2.24) is 10.9 Å². The van der Waals surface area contributed by atoms with E-state index in [9.17, 15) is 9.59 Å². The molecule has 2 N–H and O–H groups in total. The lowest BCUT2D eigenvalue weighted by Crippen LogP contribution is -2.41. The lowest BCUT2D eigenvalue weighted by molar-refractivity contribution is -0.121. The minimum absolute atomic E-state index is 0.200. The van der Waals surface area contributed by atoms with Gasteiger partial charge in [-0.25, -0.2) is 0 Å². The summed E-state index contributed by atoms with van der Waals surface area (Å²) in [5.74, 6) is 0.163. The largest absolute Gasteiger partial charge is 0.496 e. The van der Waals surface area contributed by atoms with E-state index in [2.05, 4.69) is 33.4 Å². The van der Waals surface area contributed by atoms with Gasteiger partial charge in [0.2, 0.25) is 5.91 Å². The van der Waals surface area contributed by atoms with E-state index in [1.165, 1.54) is 0 Å². The van der Waals surface area contributed by atoms with Crippen LogP contribution < -0.4 is 15.6 Å². The van der Waals surface area contributed by atoms with Crippen molar-refractivity contribution in [2.24, 2.45) is 0 Å². The summed E-state index contributed by atoms with van der Waals surface area (Å²) in [5.41, 5.74) is 5.19. The molecule has 0 aliphatic rings. The zero-order chi connectivity index (χ0) is 13.5. The van der Waals surface area contributed by atoms with E-state index in [1.807, 2.05) is 6.92 Å². The first-order chi connectivity index (χ1) is 8.58. The number of halogens is 1. The van der Waals surface area contributed by atoms with E-state index in [-0.39, 0.29) is 11.8 Å². The molecule has 0 aliphatic carbocycles. The van der Waals surface area contributed by atoms with Crippen molar-refractivity contribution < 1.29 is 14.3 Å². The molecule has 2 amide bonds. The number of hydrogen-bond donors (Lipinski definition) is 2. The second-order valence-corrected chi connectivity index (χ2v) is 4.76. The summed E-state index contributed by atoms with van der Waals surface area (Å²) in [4.78, 5) is 22.9. The number of amides is 2. The number of ether oxygens (including phenoxy) is 1. The van der Waals surface area contributed by atoms with Crippen molar-refractivity contribution >= 4 is 34.4 Å². The predicted molar refractivity (Wildman–Crippen MR) is 76.2 cm³/mol. The van der Waals surface area contributed by atoms with E-state index < -0.39 is 0 Å². The highest BCUT2D eigenvalue weighted by atomic mass is 127. The van der Waals surface area contributed by atoms with E-state index in [1.54, 1.807) is 25.3 Å². The molecular formula is C12H15IN2O3. The normalized spacial score (nSPS) is 9.72. The van der Waals surface area contributed by atoms with Crippen LogP contribution in [0.4, 0.5) is 0 Å². The Morgan fingerprint density at radius 2 is 2.06 bits per heavy atom. The van der Waals surface area contributed by atoms with Crippen LogP contribution in [0.5, 0.6) is 5.75 Å². The second-order valence-electron chi connectivity index (χ2n) is 3.60. The molecule has 0 fully saturated rings. The van der Waals surface area contributed by atoms with Crippen molar-refractivity contribution in [3.63, 3.8) is 0 Å². The topological polar surface area (TPSA) is 67.4 Å². The Morgan fingerprint density at radius 3 is 2.61 bits per heavy atom. The number of carbonyl (C=O) groups excluding carboxylic acids is 2. The van der Waals surface area contributed by atoms with Crippen molar-refractivity contribution in [3.8, 4) is 5.75 Å². The molecule has 0 aromatic heterocycles. The van der Waals surface area contributed by atoms with Gasteiger partial charge in [0.15, 0.2) is 0 Å². The summed E-state index contributed by atoms with van der Waals surface area (Å²) >= 11 is 2.08. The SMILES string of the molecule is CCCC(=O)NNC(=O)c1ccc(OC)c(I)c1. The van der Waals surface area contributed by atoms with Crippen LogP contribution in [0.25, 0.3) is 0 Å². The first-order valence-electron chi connectivity index (χ1n) is 5.51. The average molecular weight is 362 g/mol. The van der Waals surface area contributed by atoms with Gasteiger partial charge in [0.25, 0.3) is 5.91 Å². The molecule has 5 nitrogen and oxygen atoms in total. The maximum absolute atomic E-state index is 11.7. The fraction of sp³-hybridized carbons (Fsp3) is 0.333. The van der Waals surface area contributed by atoms with Gasteiger partial charge < -0.3 is 4.74 Å². The third kappa shape index (κ3) is 4.17. The van der Waals surface area contributed by atoms with Gasteiger partial charge in [-0.05, 0) is 47.2 Å². The molecule has 0 saturated heterocycles. The summed E-state index contributed by atoms with van der Waals surface area (Å²) in [5, 5.41) is 0. The molecule has 0 atom stereocenters. The molecular weight excluding hydrogens is 347 g/mol. The zero-order valence-corrected chi connectivity index (χ0v) is 12.4. The molecule has 1 rings (SSSR count). The monoisotopic (exact) mass is 362 g/mol. The van der Waals surface area contributed by atoms with Crippen LogP contribution in [0, 0.1) is 3.57 Å². The van der Waals surface area contributed by atoms with Gasteiger partial charge in [0.1, 0.15) is 5.75 Å². The summed E-state index contributed by atoms with van der Waals surface area (Å²) in [6, 6.07) is 5.05. The van der Waals surface area contributed by atoms with Gasteiger partial charge in [-0.1, -0.05) is 6.92 Å². The molecule has 1 aromatic rings. The Morgan fingerprint density at radius 1 is 1.33 bits per heavy atom. The number of nitrogens with one attached hydrogen (secondary N) is 2. The number of hydrogen-bond acceptors (Lipinski definition) is 3. The van der Waals surface area contributed by atoms with Crippen LogP contribution in [0.15, 0.2) is 18.2 Å². The predicted octanol–water partition coefficient (Wildman–Crippen LogP) is 1.86. The van der Waals surface area contributed by atoms with E-state index in [0.29, 0.717) is 17.7 Å². The molecule has 0 radical (unpaired) electrons. The van der Waals surface area contributed by atoms with Gasteiger partial charge in [-0.15, -0.1) is 0 Å². The smallest absolute Gasteiger partial charge is 0.269 e. The Hall–Kier alpha value is -1.31. The Kier molecular flexibility index (Phi) is 5.90. The number of carbonyl (C=O) groups is 2. The Bertz CT molecular complexity index is 449. The Balaban J connectivity index is 2.62. The lowest BCUT2D eigenvalue weighted by Gasteiger charge is -2.08. The first kappa shape index (κ1) is 14.7. The molecule has 98 valence electrons. The van der Waals surface area contributed by atoms with Gasteiger partial charge >= 0.3 is 0 Å². The molecule has 0 aliphatic heterocycles. The molecule has 1 aromatic carbocycles. The van der Waals surface area contributed by atoms with Crippen LogP contribution in [0.2, 0.25) is 0 Å². The molecule has 0 spiro atoms. The highest BCUT2D eigenvalue weighted by Gasteiger charge is 2.09. The average Bonchev–Trinajstić information content (AvgIpc) is 2.36. The van der Waals surface area contributed by atoms with Crippen molar-refractivity contribution in [3.05, 3.63) is 27.3 Å². The van der Waals surface area contributed by atoms with E-state index in [4.69, 9.17) is 4.74 Å². The molecule has 18 heavy (non-hydrogen) atoms. The van der Waals surface area contributed by atoms with Crippen LogP contribution >= 0.6 is 22.6 Å². The third-order valence-electron chi connectivity index (χ3n) is 2.21.